The molecule has 1 rings (SSSR count). The van der Waals surface area contributed by atoms with Gasteiger partial charge in [-0.1, -0.05) is 0 Å². The first-order chi connectivity index (χ1) is 5.15. The number of nitrogens with two attached hydrogens (primary N) is 3. The first kappa shape index (κ1) is 8.23. The first-order valence-corrected chi connectivity index (χ1v) is 4.16. The Morgan fingerprint density at radius 3 is 2.64 bits per heavy atom. The molecule has 0 fully saturated rings. The normalized spacial score (nSPS) is 12.9. The summed E-state index contributed by atoms with van der Waals surface area (Å²) in [7, 11) is 0. The van der Waals surface area contributed by atoms with Crippen molar-refractivity contribution >= 4 is 23.2 Å². The quantitative estimate of drug-likeness (QED) is 0.525. The average Bonchev–Trinajstić information content (AvgIpc) is 2.31. The summed E-state index contributed by atoms with van der Waals surface area (Å²) in [4.78, 5) is 1.97. The van der Waals surface area contributed by atoms with Gasteiger partial charge in [-0.3, -0.25) is 5.41 Å². The Kier molecular flexibility index (Phi) is 2.26. The Morgan fingerprint density at radius 1 is 1.73 bits per heavy atom. The molecule has 0 saturated carbocycles. The van der Waals surface area contributed by atoms with E-state index < -0.39 is 0 Å². The number of anilines is 1. The molecule has 0 bridgehead atoms. The maximum atomic E-state index is 5.65. The summed E-state index contributed by atoms with van der Waals surface area (Å²) in [6.07, 6.45) is 1.51. The summed E-state index contributed by atoms with van der Waals surface area (Å²) in [5.74, 6) is 0. The Hall–Kier alpha value is -0.870. The highest BCUT2D eigenvalue weighted by molar-refractivity contribution is 7.14. The minimum absolute atomic E-state index is 0.0380. The van der Waals surface area contributed by atoms with E-state index in [1.165, 1.54) is 17.6 Å². The van der Waals surface area contributed by atoms with Crippen LogP contribution in [0.2, 0.25) is 0 Å². The van der Waals surface area contributed by atoms with E-state index in [9.17, 15) is 0 Å². The molecule has 0 aliphatic rings. The molecule has 3 nitrogen and oxygen atoms in total. The van der Waals surface area contributed by atoms with Crippen LogP contribution in [-0.2, 0) is 0 Å². The largest absolute Gasteiger partial charge is 0.397 e. The molecule has 0 amide bonds. The molecule has 0 aliphatic heterocycles. The molecule has 0 aromatic carbocycles. The SMILES string of the molecule is CC(N)c1cc(N)c(C=[NH2+])s1. The van der Waals surface area contributed by atoms with Crippen molar-refractivity contribution < 1.29 is 5.41 Å². The average molecular weight is 170 g/mol. The number of hydrogen-bond acceptors (Lipinski definition) is 3. The van der Waals surface area contributed by atoms with Crippen LogP contribution in [0.3, 0.4) is 0 Å². The second-order valence-electron chi connectivity index (χ2n) is 2.42. The molecule has 11 heavy (non-hydrogen) atoms. The Morgan fingerprint density at radius 2 is 2.36 bits per heavy atom. The van der Waals surface area contributed by atoms with Gasteiger partial charge < -0.3 is 11.5 Å². The van der Waals surface area contributed by atoms with Gasteiger partial charge in [-0.2, -0.15) is 0 Å². The lowest BCUT2D eigenvalue weighted by Crippen LogP contribution is -2.29. The van der Waals surface area contributed by atoms with E-state index in [4.69, 9.17) is 16.9 Å². The van der Waals surface area contributed by atoms with Crippen molar-refractivity contribution in [2.75, 3.05) is 5.73 Å². The number of nitrogen functional groups attached to an aromatic ring is 1. The molecule has 0 saturated heterocycles. The standard InChI is InChI=1S/C7H11N3S/c1-4(9)6-2-5(10)7(3-8)11-6/h2-4,8H,9-10H2,1H3/p+1. The van der Waals surface area contributed by atoms with Crippen LogP contribution in [0.1, 0.15) is 22.7 Å². The van der Waals surface area contributed by atoms with Crippen LogP contribution < -0.4 is 16.9 Å². The fraction of sp³-hybridized carbons (Fsp3) is 0.286. The van der Waals surface area contributed by atoms with Gasteiger partial charge in [-0.15, -0.1) is 11.3 Å². The van der Waals surface area contributed by atoms with Crippen LogP contribution in [0.5, 0.6) is 0 Å². The molecule has 1 aromatic heterocycles. The maximum Gasteiger partial charge on any atom is 0.179 e. The van der Waals surface area contributed by atoms with Crippen molar-refractivity contribution in [1.82, 2.24) is 0 Å². The van der Waals surface area contributed by atoms with Gasteiger partial charge in [0.25, 0.3) is 0 Å². The minimum atomic E-state index is 0.0380. The Labute approximate surface area is 69.5 Å². The van der Waals surface area contributed by atoms with Gasteiger partial charge in [0.1, 0.15) is 4.88 Å². The van der Waals surface area contributed by atoms with Crippen molar-refractivity contribution in [2.24, 2.45) is 5.73 Å². The summed E-state index contributed by atoms with van der Waals surface area (Å²) < 4.78 is 0. The van der Waals surface area contributed by atoms with E-state index in [2.05, 4.69) is 0 Å². The predicted octanol–water partition coefficient (Wildman–Crippen LogP) is -0.472. The van der Waals surface area contributed by atoms with Gasteiger partial charge in [0.15, 0.2) is 6.21 Å². The lowest BCUT2D eigenvalue weighted by atomic mass is 10.3. The Balaban J connectivity index is 3.04. The van der Waals surface area contributed by atoms with E-state index in [0.717, 1.165) is 9.75 Å². The zero-order valence-corrected chi connectivity index (χ0v) is 7.19. The third-order valence-corrected chi connectivity index (χ3v) is 2.73. The van der Waals surface area contributed by atoms with E-state index in [-0.39, 0.29) is 6.04 Å². The monoisotopic (exact) mass is 170 g/mol. The second-order valence-corrected chi connectivity index (χ2v) is 3.54. The van der Waals surface area contributed by atoms with E-state index in [1.807, 2.05) is 13.0 Å². The van der Waals surface area contributed by atoms with Crippen LogP contribution in [0.4, 0.5) is 5.69 Å². The molecule has 1 unspecified atom stereocenters. The fourth-order valence-corrected chi connectivity index (χ4v) is 1.66. The number of rotatable bonds is 2. The lowest BCUT2D eigenvalue weighted by molar-refractivity contribution is -0.104. The van der Waals surface area contributed by atoms with Crippen molar-refractivity contribution in [3.8, 4) is 0 Å². The molecule has 6 N–H and O–H groups in total. The zero-order valence-electron chi connectivity index (χ0n) is 6.37. The van der Waals surface area contributed by atoms with Crippen molar-refractivity contribution in [2.45, 2.75) is 13.0 Å². The molecule has 1 aromatic rings. The number of hydrogen-bond donors (Lipinski definition) is 3. The van der Waals surface area contributed by atoms with Crippen LogP contribution in [-0.4, -0.2) is 6.21 Å². The van der Waals surface area contributed by atoms with Gasteiger partial charge in [0.2, 0.25) is 0 Å². The Bertz CT molecular complexity index is 265. The highest BCUT2D eigenvalue weighted by atomic mass is 32.1. The van der Waals surface area contributed by atoms with Gasteiger partial charge in [0, 0.05) is 10.9 Å². The highest BCUT2D eigenvalue weighted by Gasteiger charge is 2.08. The molecular formula is C7H12N3S+. The van der Waals surface area contributed by atoms with Crippen molar-refractivity contribution in [3.63, 3.8) is 0 Å². The summed E-state index contributed by atoms with van der Waals surface area (Å²) in [5, 5.41) is 5.33. The zero-order chi connectivity index (χ0) is 8.43. The summed E-state index contributed by atoms with van der Waals surface area (Å²) in [6.45, 7) is 1.92. The summed E-state index contributed by atoms with van der Waals surface area (Å²) in [5.41, 5.74) is 12.0. The second kappa shape index (κ2) is 3.02. The maximum absolute atomic E-state index is 5.65. The fourth-order valence-electron chi connectivity index (χ4n) is 0.794. The predicted molar refractivity (Wildman–Crippen MR) is 48.4 cm³/mol. The van der Waals surface area contributed by atoms with Crippen LogP contribution in [0.25, 0.3) is 0 Å². The van der Waals surface area contributed by atoms with Gasteiger partial charge in [-0.05, 0) is 13.0 Å². The molecule has 0 radical (unpaired) electrons. The topological polar surface area (TPSA) is 77.6 Å². The summed E-state index contributed by atoms with van der Waals surface area (Å²) >= 11 is 1.54. The van der Waals surface area contributed by atoms with Gasteiger partial charge in [0.05, 0.1) is 5.69 Å². The first-order valence-electron chi connectivity index (χ1n) is 3.35. The molecule has 0 spiro atoms. The van der Waals surface area contributed by atoms with Crippen LogP contribution in [0, 0.1) is 0 Å². The van der Waals surface area contributed by atoms with E-state index >= 15 is 0 Å². The molecule has 1 heterocycles. The van der Waals surface area contributed by atoms with E-state index in [0.29, 0.717) is 5.69 Å². The van der Waals surface area contributed by atoms with Crippen LogP contribution in [0.15, 0.2) is 6.07 Å². The molecule has 4 heteroatoms. The molecule has 1 atom stereocenters. The lowest BCUT2D eigenvalue weighted by Gasteiger charge is -1.96. The van der Waals surface area contributed by atoms with Gasteiger partial charge in [-0.25, -0.2) is 0 Å². The number of thiophene rings is 1. The van der Waals surface area contributed by atoms with Crippen LogP contribution >= 0.6 is 11.3 Å². The highest BCUT2D eigenvalue weighted by Crippen LogP contribution is 2.26. The van der Waals surface area contributed by atoms with Crippen molar-refractivity contribution in [1.29, 1.82) is 0 Å². The third kappa shape index (κ3) is 1.58. The third-order valence-electron chi connectivity index (χ3n) is 1.41. The molecule has 0 aliphatic carbocycles. The summed E-state index contributed by atoms with van der Waals surface area (Å²) in [6, 6.07) is 1.91. The van der Waals surface area contributed by atoms with Gasteiger partial charge >= 0.3 is 0 Å². The van der Waals surface area contributed by atoms with Crippen molar-refractivity contribution in [3.05, 3.63) is 15.8 Å². The smallest absolute Gasteiger partial charge is 0.179 e. The molecular weight excluding hydrogens is 158 g/mol. The molecule has 60 valence electrons. The minimum Gasteiger partial charge on any atom is -0.397 e. The van der Waals surface area contributed by atoms with E-state index in [1.54, 1.807) is 0 Å².